The SMILES string of the molecule is CC(O)C1CCN(C(N)=NC(C)(C)C)CC1. The van der Waals surface area contributed by atoms with Crippen molar-refractivity contribution >= 4 is 5.96 Å². The van der Waals surface area contributed by atoms with Gasteiger partial charge in [0.25, 0.3) is 0 Å². The standard InChI is InChI=1S/C12H25N3O/c1-9(16)10-5-7-15(8-6-10)11(13)14-12(2,3)4/h9-10,16H,5-8H2,1-4H3,(H2,13,14). The van der Waals surface area contributed by atoms with Crippen molar-refractivity contribution < 1.29 is 5.11 Å². The van der Waals surface area contributed by atoms with Crippen LogP contribution in [0.15, 0.2) is 4.99 Å². The first-order valence-electron chi connectivity index (χ1n) is 6.08. The molecule has 1 rings (SSSR count). The quantitative estimate of drug-likeness (QED) is 0.522. The lowest BCUT2D eigenvalue weighted by molar-refractivity contribution is 0.0885. The number of aliphatic imine (C=N–C) groups is 1. The Morgan fingerprint density at radius 1 is 1.38 bits per heavy atom. The third-order valence-corrected chi connectivity index (χ3v) is 3.00. The normalized spacial score (nSPS) is 22.3. The second-order valence-electron chi connectivity index (χ2n) is 5.71. The summed E-state index contributed by atoms with van der Waals surface area (Å²) in [5.41, 5.74) is 5.85. The Bertz CT molecular complexity index is 247. The molecule has 1 aliphatic heterocycles. The van der Waals surface area contributed by atoms with E-state index in [0.29, 0.717) is 11.9 Å². The van der Waals surface area contributed by atoms with Gasteiger partial charge in [-0.3, -0.25) is 0 Å². The molecule has 1 saturated heterocycles. The predicted molar refractivity (Wildman–Crippen MR) is 67.4 cm³/mol. The molecule has 3 N–H and O–H groups in total. The fourth-order valence-corrected chi connectivity index (χ4v) is 2.03. The number of piperidine rings is 1. The van der Waals surface area contributed by atoms with E-state index in [1.807, 2.05) is 27.7 Å². The van der Waals surface area contributed by atoms with Crippen LogP contribution in [0.2, 0.25) is 0 Å². The molecule has 0 radical (unpaired) electrons. The van der Waals surface area contributed by atoms with Crippen molar-refractivity contribution in [2.75, 3.05) is 13.1 Å². The van der Waals surface area contributed by atoms with Gasteiger partial charge in [0.2, 0.25) is 0 Å². The molecule has 0 spiro atoms. The lowest BCUT2D eigenvalue weighted by atomic mass is 9.92. The first-order chi connectivity index (χ1) is 7.29. The number of rotatable bonds is 1. The summed E-state index contributed by atoms with van der Waals surface area (Å²) in [4.78, 5) is 6.58. The van der Waals surface area contributed by atoms with Crippen molar-refractivity contribution in [1.82, 2.24) is 4.90 Å². The average Bonchev–Trinajstić information content (AvgIpc) is 2.15. The molecule has 4 heteroatoms. The number of guanidine groups is 1. The highest BCUT2D eigenvalue weighted by Gasteiger charge is 2.24. The summed E-state index contributed by atoms with van der Waals surface area (Å²) in [6, 6.07) is 0. The number of nitrogens with two attached hydrogens (primary N) is 1. The molecule has 0 aliphatic carbocycles. The third kappa shape index (κ3) is 4.00. The molecule has 94 valence electrons. The monoisotopic (exact) mass is 227 g/mol. The molecule has 1 fully saturated rings. The van der Waals surface area contributed by atoms with Gasteiger partial charge in [0, 0.05) is 13.1 Å². The van der Waals surface area contributed by atoms with Crippen LogP contribution in [0, 0.1) is 5.92 Å². The summed E-state index contributed by atoms with van der Waals surface area (Å²) < 4.78 is 0. The Morgan fingerprint density at radius 2 is 1.88 bits per heavy atom. The maximum atomic E-state index is 9.51. The van der Waals surface area contributed by atoms with Crippen LogP contribution in [-0.4, -0.2) is 40.7 Å². The second-order valence-corrected chi connectivity index (χ2v) is 5.71. The van der Waals surface area contributed by atoms with E-state index in [9.17, 15) is 5.11 Å². The highest BCUT2D eigenvalue weighted by Crippen LogP contribution is 2.20. The van der Waals surface area contributed by atoms with Gasteiger partial charge >= 0.3 is 0 Å². The van der Waals surface area contributed by atoms with Gasteiger partial charge in [-0.1, -0.05) is 0 Å². The van der Waals surface area contributed by atoms with Crippen molar-refractivity contribution in [3.63, 3.8) is 0 Å². The lowest BCUT2D eigenvalue weighted by Gasteiger charge is -2.34. The summed E-state index contributed by atoms with van der Waals surface area (Å²) in [5, 5.41) is 9.51. The van der Waals surface area contributed by atoms with Crippen molar-refractivity contribution in [1.29, 1.82) is 0 Å². The maximum Gasteiger partial charge on any atom is 0.191 e. The molecule has 4 nitrogen and oxygen atoms in total. The Kier molecular flexibility index (Phi) is 4.19. The van der Waals surface area contributed by atoms with E-state index < -0.39 is 0 Å². The lowest BCUT2D eigenvalue weighted by Crippen LogP contribution is -2.45. The summed E-state index contributed by atoms with van der Waals surface area (Å²) in [5.74, 6) is 1.05. The second kappa shape index (κ2) is 5.04. The van der Waals surface area contributed by atoms with Gasteiger partial charge in [-0.25, -0.2) is 4.99 Å². The first kappa shape index (κ1) is 13.3. The smallest absolute Gasteiger partial charge is 0.191 e. The van der Waals surface area contributed by atoms with Crippen molar-refractivity contribution in [3.05, 3.63) is 0 Å². The minimum absolute atomic E-state index is 0.120. The van der Waals surface area contributed by atoms with Gasteiger partial charge in [-0.15, -0.1) is 0 Å². The zero-order valence-corrected chi connectivity index (χ0v) is 10.9. The minimum Gasteiger partial charge on any atom is -0.393 e. The summed E-state index contributed by atoms with van der Waals surface area (Å²) in [6.45, 7) is 9.81. The fraction of sp³-hybridized carbons (Fsp3) is 0.917. The van der Waals surface area contributed by atoms with E-state index >= 15 is 0 Å². The zero-order chi connectivity index (χ0) is 12.3. The van der Waals surface area contributed by atoms with Gasteiger partial charge < -0.3 is 15.7 Å². The molecule has 16 heavy (non-hydrogen) atoms. The summed E-state index contributed by atoms with van der Waals surface area (Å²) in [7, 11) is 0. The molecule has 0 amide bonds. The van der Waals surface area contributed by atoms with E-state index in [1.165, 1.54) is 0 Å². The Labute approximate surface area is 98.5 Å². The number of aliphatic hydroxyl groups is 1. The first-order valence-corrected chi connectivity index (χ1v) is 6.08. The maximum absolute atomic E-state index is 9.51. The number of likely N-dealkylation sites (tertiary alicyclic amines) is 1. The van der Waals surface area contributed by atoms with Gasteiger partial charge in [-0.2, -0.15) is 0 Å². The number of nitrogens with zero attached hydrogens (tertiary/aromatic N) is 2. The number of hydrogen-bond donors (Lipinski definition) is 2. The fourth-order valence-electron chi connectivity index (χ4n) is 2.03. The van der Waals surface area contributed by atoms with Gasteiger partial charge in [0.15, 0.2) is 5.96 Å². The highest BCUT2D eigenvalue weighted by atomic mass is 16.3. The van der Waals surface area contributed by atoms with E-state index in [2.05, 4.69) is 9.89 Å². The van der Waals surface area contributed by atoms with Crippen LogP contribution in [0.4, 0.5) is 0 Å². The number of aliphatic hydroxyl groups excluding tert-OH is 1. The highest BCUT2D eigenvalue weighted by molar-refractivity contribution is 5.78. The van der Waals surface area contributed by atoms with Crippen molar-refractivity contribution in [3.8, 4) is 0 Å². The van der Waals surface area contributed by atoms with Crippen LogP contribution in [0.1, 0.15) is 40.5 Å². The minimum atomic E-state index is -0.206. The van der Waals surface area contributed by atoms with Crippen LogP contribution >= 0.6 is 0 Å². The molecule has 1 heterocycles. The summed E-state index contributed by atoms with van der Waals surface area (Å²) >= 11 is 0. The Balaban J connectivity index is 2.51. The van der Waals surface area contributed by atoms with Gasteiger partial charge in [0.05, 0.1) is 11.6 Å². The molecule has 1 aliphatic rings. The van der Waals surface area contributed by atoms with Crippen LogP contribution in [0.5, 0.6) is 0 Å². The van der Waals surface area contributed by atoms with Crippen LogP contribution < -0.4 is 5.73 Å². The third-order valence-electron chi connectivity index (χ3n) is 3.00. The average molecular weight is 227 g/mol. The van der Waals surface area contributed by atoms with E-state index in [-0.39, 0.29) is 11.6 Å². The molecule has 1 unspecified atom stereocenters. The van der Waals surface area contributed by atoms with Crippen LogP contribution in [0.3, 0.4) is 0 Å². The van der Waals surface area contributed by atoms with Crippen molar-refractivity contribution in [2.24, 2.45) is 16.6 Å². The molecule has 0 aromatic rings. The molecule has 0 aromatic carbocycles. The molecule has 1 atom stereocenters. The molecule has 0 bridgehead atoms. The van der Waals surface area contributed by atoms with E-state index in [1.54, 1.807) is 0 Å². The zero-order valence-electron chi connectivity index (χ0n) is 10.9. The van der Waals surface area contributed by atoms with E-state index in [4.69, 9.17) is 5.73 Å². The van der Waals surface area contributed by atoms with Crippen LogP contribution in [0.25, 0.3) is 0 Å². The van der Waals surface area contributed by atoms with Gasteiger partial charge in [-0.05, 0) is 46.5 Å². The van der Waals surface area contributed by atoms with E-state index in [0.717, 1.165) is 25.9 Å². The molecular weight excluding hydrogens is 202 g/mol. The van der Waals surface area contributed by atoms with Gasteiger partial charge in [0.1, 0.15) is 0 Å². The number of hydrogen-bond acceptors (Lipinski definition) is 2. The van der Waals surface area contributed by atoms with Crippen molar-refractivity contribution in [2.45, 2.75) is 52.2 Å². The molecule has 0 aromatic heterocycles. The predicted octanol–water partition coefficient (Wildman–Crippen LogP) is 1.19. The largest absolute Gasteiger partial charge is 0.393 e. The summed E-state index contributed by atoms with van der Waals surface area (Å²) in [6.07, 6.45) is 1.79. The molecule has 0 saturated carbocycles. The molecular formula is C12H25N3O. The topological polar surface area (TPSA) is 61.8 Å². The van der Waals surface area contributed by atoms with Crippen LogP contribution in [-0.2, 0) is 0 Å². The Morgan fingerprint density at radius 3 is 2.25 bits per heavy atom. The Hall–Kier alpha value is -0.770.